The molecule has 0 amide bonds. The molecule has 48 heavy (non-hydrogen) atoms. The van der Waals surface area contributed by atoms with Gasteiger partial charge in [-0.2, -0.15) is 0 Å². The summed E-state index contributed by atoms with van der Waals surface area (Å²) in [6, 6.07) is 18.6. The quantitative estimate of drug-likeness (QED) is 0.0700. The second-order valence-corrected chi connectivity index (χ2v) is 30.5. The largest absolute Gasteiger partial charge is 0.417 e. The molecule has 0 aliphatic heterocycles. The van der Waals surface area contributed by atoms with E-state index in [0.29, 0.717) is 10.1 Å². The van der Waals surface area contributed by atoms with Crippen LogP contribution in [-0.2, 0) is 21.7 Å². The van der Waals surface area contributed by atoms with E-state index in [2.05, 4.69) is 116 Å². The third kappa shape index (κ3) is 11.6. The van der Waals surface area contributed by atoms with Crippen LogP contribution in [0.2, 0.25) is 36.3 Å². The van der Waals surface area contributed by atoms with E-state index in [4.69, 9.17) is 8.85 Å². The van der Waals surface area contributed by atoms with Crippen LogP contribution in [0.5, 0.6) is 0 Å². The Morgan fingerprint density at radius 3 is 1.04 bits per heavy atom. The van der Waals surface area contributed by atoms with Gasteiger partial charge in [0.15, 0.2) is 16.6 Å². The van der Waals surface area contributed by atoms with Gasteiger partial charge in [-0.05, 0) is 123 Å². The van der Waals surface area contributed by atoms with E-state index in [-0.39, 0.29) is 0 Å². The molecule has 0 N–H and O–H groups in total. The summed E-state index contributed by atoms with van der Waals surface area (Å²) in [4.78, 5) is 11.4. The van der Waals surface area contributed by atoms with Crippen LogP contribution in [0.4, 0.5) is 0 Å². The first-order chi connectivity index (χ1) is 22.6. The van der Waals surface area contributed by atoms with E-state index >= 15 is 0 Å². The lowest BCUT2D eigenvalue weighted by Crippen LogP contribution is -2.40. The van der Waals surface area contributed by atoms with Crippen molar-refractivity contribution in [1.82, 2.24) is 0 Å². The van der Waals surface area contributed by atoms with Crippen molar-refractivity contribution in [3.8, 4) is 29.3 Å². The van der Waals surface area contributed by atoms with Gasteiger partial charge in [-0.15, -0.1) is 45.3 Å². The summed E-state index contributed by atoms with van der Waals surface area (Å²) in [6.07, 6.45) is 12.4. The minimum Gasteiger partial charge on any atom is -0.417 e. The highest BCUT2D eigenvalue weighted by Gasteiger charge is 2.37. The summed E-state index contributed by atoms with van der Waals surface area (Å²) < 4.78 is 12.7. The van der Waals surface area contributed by atoms with Gasteiger partial charge in [0.25, 0.3) is 0 Å². The first kappa shape index (κ1) is 39.9. The fraction of sp³-hybridized carbons (Fsp3) is 0.600. The van der Waals surface area contributed by atoms with E-state index in [0.717, 1.165) is 13.2 Å². The zero-order valence-corrected chi connectivity index (χ0v) is 36.8. The monoisotopic (exact) mass is 758 g/mol. The Kier molecular flexibility index (Phi) is 14.6. The molecule has 4 rings (SSSR count). The fourth-order valence-electron chi connectivity index (χ4n) is 5.09. The molecule has 0 unspecified atom stereocenters. The molecule has 4 aromatic heterocycles. The van der Waals surface area contributed by atoms with Crippen LogP contribution in [-0.4, -0.2) is 29.8 Å². The normalized spacial score (nSPS) is 13.1. The Morgan fingerprint density at radius 2 is 0.708 bits per heavy atom. The fourth-order valence-corrected chi connectivity index (χ4v) is 11.6. The molecule has 266 valence electrons. The van der Waals surface area contributed by atoms with Gasteiger partial charge in [0.2, 0.25) is 0 Å². The lowest BCUT2D eigenvalue weighted by atomic mass is 10.1. The zero-order valence-electron chi connectivity index (χ0n) is 31.6. The van der Waals surface area contributed by atoms with Gasteiger partial charge < -0.3 is 8.85 Å². The number of hydrogen-bond acceptors (Lipinski definition) is 6. The standard InChI is InChI=1S/C40H62O2S4Si2/c1-39(2,3)47(7,8)41-29-17-13-11-15-19-31-21-23-33(43-31)35-25-27-37(45-35)38-28-26-36(46-38)34-24-22-32(44-34)20-16-12-14-18-30-42-48(9,10)40(4,5)6/h21-28H,11-20,29-30H2,1-10H3. The Hall–Kier alpha value is -0.846. The highest BCUT2D eigenvalue weighted by atomic mass is 32.1. The summed E-state index contributed by atoms with van der Waals surface area (Å²) in [5.41, 5.74) is 0. The molecule has 0 saturated heterocycles. The van der Waals surface area contributed by atoms with Crippen molar-refractivity contribution in [3.05, 3.63) is 58.3 Å². The Balaban J connectivity index is 1.16. The van der Waals surface area contributed by atoms with Crippen LogP contribution in [0.15, 0.2) is 48.5 Å². The van der Waals surface area contributed by atoms with Crippen molar-refractivity contribution in [2.24, 2.45) is 0 Å². The topological polar surface area (TPSA) is 18.5 Å². The number of unbranched alkanes of at least 4 members (excludes halogenated alkanes) is 6. The first-order valence-electron chi connectivity index (χ1n) is 18.2. The molecule has 2 nitrogen and oxygen atoms in total. The third-order valence-corrected chi connectivity index (χ3v) is 24.6. The summed E-state index contributed by atoms with van der Waals surface area (Å²) in [6.45, 7) is 25.2. The van der Waals surface area contributed by atoms with Crippen molar-refractivity contribution in [2.75, 3.05) is 13.2 Å². The van der Waals surface area contributed by atoms with Crippen molar-refractivity contribution in [3.63, 3.8) is 0 Å². The van der Waals surface area contributed by atoms with Crippen molar-refractivity contribution >= 4 is 62.0 Å². The van der Waals surface area contributed by atoms with Crippen molar-refractivity contribution in [1.29, 1.82) is 0 Å². The van der Waals surface area contributed by atoms with Crippen LogP contribution < -0.4 is 0 Å². The van der Waals surface area contributed by atoms with Gasteiger partial charge in [-0.1, -0.05) is 67.2 Å². The van der Waals surface area contributed by atoms with Crippen molar-refractivity contribution in [2.45, 2.75) is 142 Å². The van der Waals surface area contributed by atoms with E-state index in [9.17, 15) is 0 Å². The smallest absolute Gasteiger partial charge is 0.191 e. The predicted octanol–water partition coefficient (Wildman–Crippen LogP) is 15.2. The molecule has 0 fully saturated rings. The molecule has 0 aliphatic carbocycles. The van der Waals surface area contributed by atoms with Gasteiger partial charge in [-0.25, -0.2) is 0 Å². The summed E-state index contributed by atoms with van der Waals surface area (Å²) in [5.74, 6) is 0. The second kappa shape index (κ2) is 17.6. The predicted molar refractivity (Wildman–Crippen MR) is 225 cm³/mol. The summed E-state index contributed by atoms with van der Waals surface area (Å²) >= 11 is 7.83. The Labute approximate surface area is 311 Å². The average Bonchev–Trinajstić information content (AvgIpc) is 3.81. The van der Waals surface area contributed by atoms with Gasteiger partial charge in [-0.3, -0.25) is 0 Å². The SMILES string of the molecule is CC(C)(C)[Si](C)(C)OCCCCCCc1ccc(-c2ccc(-c3ccc(-c4ccc(CCCCCCO[Si](C)(C)C(C)(C)C)s4)s3)s2)s1. The molecule has 0 aliphatic rings. The molecule has 0 saturated carbocycles. The number of rotatable bonds is 19. The maximum absolute atomic E-state index is 6.35. The Morgan fingerprint density at radius 1 is 0.417 bits per heavy atom. The van der Waals surface area contributed by atoms with Crippen molar-refractivity contribution < 1.29 is 8.85 Å². The molecule has 4 aromatic rings. The molecular formula is C40H62O2S4Si2. The molecule has 4 heterocycles. The minimum absolute atomic E-state index is 0.302. The molecule has 0 atom stereocenters. The zero-order chi connectivity index (χ0) is 35.0. The highest BCUT2D eigenvalue weighted by Crippen LogP contribution is 2.43. The van der Waals surface area contributed by atoms with Gasteiger partial charge >= 0.3 is 0 Å². The Bertz CT molecular complexity index is 1410. The first-order valence-corrected chi connectivity index (χ1v) is 27.3. The molecular weight excluding hydrogens is 697 g/mol. The minimum atomic E-state index is -1.60. The average molecular weight is 759 g/mol. The lowest BCUT2D eigenvalue weighted by Gasteiger charge is -2.36. The third-order valence-electron chi connectivity index (χ3n) is 10.4. The molecule has 0 aromatic carbocycles. The molecule has 0 radical (unpaired) electrons. The molecule has 0 spiro atoms. The van der Waals surface area contributed by atoms with E-state index in [1.807, 2.05) is 45.3 Å². The van der Waals surface area contributed by atoms with Gasteiger partial charge in [0, 0.05) is 52.2 Å². The maximum atomic E-state index is 6.35. The lowest BCUT2D eigenvalue weighted by molar-refractivity contribution is 0.277. The highest BCUT2D eigenvalue weighted by molar-refractivity contribution is 7.28. The molecule has 8 heteroatoms. The number of thiophene rings is 4. The summed E-state index contributed by atoms with van der Waals surface area (Å²) in [5, 5.41) is 0.603. The van der Waals surface area contributed by atoms with Crippen LogP contribution in [0.3, 0.4) is 0 Å². The van der Waals surface area contributed by atoms with E-state index in [1.54, 1.807) is 0 Å². The van der Waals surface area contributed by atoms with Gasteiger partial charge in [0.1, 0.15) is 0 Å². The van der Waals surface area contributed by atoms with E-state index in [1.165, 1.54) is 103 Å². The van der Waals surface area contributed by atoms with Gasteiger partial charge in [0.05, 0.1) is 0 Å². The summed E-state index contributed by atoms with van der Waals surface area (Å²) in [7, 11) is -3.21. The van der Waals surface area contributed by atoms with Crippen LogP contribution in [0.25, 0.3) is 29.3 Å². The second-order valence-electron chi connectivity index (χ2n) is 16.4. The van der Waals surface area contributed by atoms with Crippen LogP contribution in [0.1, 0.15) is 103 Å². The molecule has 0 bridgehead atoms. The van der Waals surface area contributed by atoms with Crippen LogP contribution >= 0.6 is 45.3 Å². The number of hydrogen-bond donors (Lipinski definition) is 0. The van der Waals surface area contributed by atoms with Crippen LogP contribution in [0, 0.1) is 0 Å². The maximum Gasteiger partial charge on any atom is 0.191 e. The number of aryl methyl sites for hydroxylation is 2. The van der Waals surface area contributed by atoms with E-state index < -0.39 is 16.6 Å².